The molecule has 1 aliphatic heterocycles. The number of nitrogens with zero attached hydrogens (tertiary/aromatic N) is 2. The van der Waals surface area contributed by atoms with Crippen LogP contribution in [0.1, 0.15) is 25.1 Å². The molecule has 1 aromatic rings. The van der Waals surface area contributed by atoms with Crippen molar-refractivity contribution in [2.24, 2.45) is 0 Å². The van der Waals surface area contributed by atoms with Crippen molar-refractivity contribution in [1.82, 2.24) is 9.78 Å². The molecule has 1 aromatic heterocycles. The van der Waals surface area contributed by atoms with Gasteiger partial charge in [0.1, 0.15) is 11.9 Å². The van der Waals surface area contributed by atoms with E-state index in [1.54, 1.807) is 24.6 Å². The topological polar surface area (TPSA) is 29.9 Å². The Balaban J connectivity index is 2.30. The van der Waals surface area contributed by atoms with Crippen LogP contribution in [0.5, 0.6) is 0 Å². The third-order valence-corrected chi connectivity index (χ3v) is 2.57. The van der Waals surface area contributed by atoms with Gasteiger partial charge < -0.3 is 5.32 Å². The molecular weight excluding hydrogens is 207 g/mol. The quantitative estimate of drug-likeness (QED) is 0.726. The lowest BCUT2D eigenvalue weighted by Gasteiger charge is -2.31. The number of hydrogen-bond donors (Lipinski definition) is 1. The van der Waals surface area contributed by atoms with E-state index in [2.05, 4.69) is 10.4 Å². The summed E-state index contributed by atoms with van der Waals surface area (Å²) in [6.07, 6.45) is -4.17. The van der Waals surface area contributed by atoms with E-state index in [-0.39, 0.29) is 12.5 Å². The van der Waals surface area contributed by atoms with Crippen molar-refractivity contribution in [3.63, 3.8) is 0 Å². The van der Waals surface area contributed by atoms with Crippen molar-refractivity contribution in [3.05, 3.63) is 11.8 Å². The molecule has 0 bridgehead atoms. The van der Waals surface area contributed by atoms with E-state index in [4.69, 9.17) is 0 Å². The minimum absolute atomic E-state index is 0.0254. The highest BCUT2D eigenvalue weighted by molar-refractivity contribution is 5.40. The average molecular weight is 219 g/mol. The molecule has 0 amide bonds. The Labute approximate surface area is 85.3 Å². The lowest BCUT2D eigenvalue weighted by Crippen LogP contribution is -2.42. The van der Waals surface area contributed by atoms with Gasteiger partial charge in [0.2, 0.25) is 0 Å². The van der Waals surface area contributed by atoms with E-state index in [1.807, 2.05) is 0 Å². The number of anilines is 1. The predicted molar refractivity (Wildman–Crippen MR) is 49.8 cm³/mol. The van der Waals surface area contributed by atoms with E-state index >= 15 is 0 Å². The van der Waals surface area contributed by atoms with Gasteiger partial charge in [-0.15, -0.1) is 0 Å². The number of halogens is 3. The van der Waals surface area contributed by atoms with Crippen LogP contribution in [-0.2, 0) is 0 Å². The summed E-state index contributed by atoms with van der Waals surface area (Å²) in [6, 6.07) is -0.0494. The molecule has 0 saturated heterocycles. The van der Waals surface area contributed by atoms with Gasteiger partial charge in [0, 0.05) is 6.07 Å². The molecule has 0 fully saturated rings. The van der Waals surface area contributed by atoms with Gasteiger partial charge in [0.25, 0.3) is 0 Å². The number of rotatable bonds is 0. The van der Waals surface area contributed by atoms with Crippen LogP contribution in [0.4, 0.5) is 19.0 Å². The fourth-order valence-corrected chi connectivity index (χ4v) is 1.85. The minimum atomic E-state index is -4.20. The van der Waals surface area contributed by atoms with Gasteiger partial charge in [0.15, 0.2) is 0 Å². The van der Waals surface area contributed by atoms with Crippen molar-refractivity contribution in [2.45, 2.75) is 38.5 Å². The lowest BCUT2D eigenvalue weighted by molar-refractivity contribution is -0.147. The molecule has 0 unspecified atom stereocenters. The van der Waals surface area contributed by atoms with Gasteiger partial charge in [-0.3, -0.25) is 0 Å². The monoisotopic (exact) mass is 219 g/mol. The maximum Gasteiger partial charge on any atom is 0.408 e. The summed E-state index contributed by atoms with van der Waals surface area (Å²) < 4.78 is 39.2. The molecule has 3 nitrogen and oxygen atoms in total. The standard InChI is InChI=1S/C9H12F3N3/c1-5-3-8-13-7(9(10,11)12)4-6(2)15(8)14-5/h3,6-7,13H,4H2,1-2H3/t6-,7+/m1/s1. The number of aryl methyl sites for hydroxylation is 1. The number of hydrogen-bond acceptors (Lipinski definition) is 2. The largest absolute Gasteiger partial charge is 0.408 e. The van der Waals surface area contributed by atoms with Crippen molar-refractivity contribution < 1.29 is 13.2 Å². The van der Waals surface area contributed by atoms with Crippen molar-refractivity contribution in [1.29, 1.82) is 0 Å². The first-order chi connectivity index (χ1) is 6.88. The summed E-state index contributed by atoms with van der Waals surface area (Å²) in [5.74, 6) is 0.452. The first kappa shape index (κ1) is 10.3. The van der Waals surface area contributed by atoms with Crippen LogP contribution in [0.15, 0.2) is 6.07 Å². The fourth-order valence-electron chi connectivity index (χ4n) is 1.85. The van der Waals surface area contributed by atoms with Gasteiger partial charge in [0.05, 0.1) is 11.7 Å². The number of alkyl halides is 3. The molecular formula is C9H12F3N3. The lowest BCUT2D eigenvalue weighted by atomic mass is 10.1. The van der Waals surface area contributed by atoms with Crippen molar-refractivity contribution in [2.75, 3.05) is 5.32 Å². The van der Waals surface area contributed by atoms with E-state index in [0.29, 0.717) is 5.82 Å². The van der Waals surface area contributed by atoms with Gasteiger partial charge in [-0.05, 0) is 20.3 Å². The Kier molecular flexibility index (Phi) is 2.17. The Bertz CT molecular complexity index is 369. The van der Waals surface area contributed by atoms with Crippen LogP contribution in [-0.4, -0.2) is 22.0 Å². The maximum atomic E-state index is 12.5. The normalized spacial score (nSPS) is 25.9. The molecule has 0 radical (unpaired) electrons. The first-order valence-corrected chi connectivity index (χ1v) is 4.77. The van der Waals surface area contributed by atoms with Crippen molar-refractivity contribution >= 4 is 5.82 Å². The summed E-state index contributed by atoms with van der Waals surface area (Å²) in [6.45, 7) is 3.51. The second-order valence-electron chi connectivity index (χ2n) is 3.94. The molecule has 0 spiro atoms. The highest BCUT2D eigenvalue weighted by Crippen LogP contribution is 2.34. The SMILES string of the molecule is Cc1cc2n(n1)[C@H](C)C[C@@H](C(F)(F)F)N2. The number of aromatic nitrogens is 2. The highest BCUT2D eigenvalue weighted by atomic mass is 19.4. The molecule has 1 N–H and O–H groups in total. The van der Waals surface area contributed by atoms with Crippen LogP contribution in [0.3, 0.4) is 0 Å². The summed E-state index contributed by atoms with van der Waals surface area (Å²) in [7, 11) is 0. The first-order valence-electron chi connectivity index (χ1n) is 4.77. The van der Waals surface area contributed by atoms with Crippen molar-refractivity contribution in [3.8, 4) is 0 Å². The molecule has 0 aliphatic carbocycles. The van der Waals surface area contributed by atoms with Gasteiger partial charge in [-0.2, -0.15) is 18.3 Å². The zero-order chi connectivity index (χ0) is 11.2. The second kappa shape index (κ2) is 3.15. The van der Waals surface area contributed by atoms with Crippen LogP contribution < -0.4 is 5.32 Å². The van der Waals surface area contributed by atoms with Crippen LogP contribution in [0.2, 0.25) is 0 Å². The van der Waals surface area contributed by atoms with Gasteiger partial charge in [-0.1, -0.05) is 0 Å². The summed E-state index contributed by atoms with van der Waals surface area (Å²) >= 11 is 0. The number of fused-ring (bicyclic) bond motifs is 1. The highest BCUT2D eigenvalue weighted by Gasteiger charge is 2.43. The molecule has 0 aromatic carbocycles. The Morgan fingerprint density at radius 3 is 2.80 bits per heavy atom. The Hall–Kier alpha value is -1.20. The maximum absolute atomic E-state index is 12.5. The molecule has 0 saturated carbocycles. The molecule has 2 heterocycles. The smallest absolute Gasteiger partial charge is 0.359 e. The van der Waals surface area contributed by atoms with E-state index in [9.17, 15) is 13.2 Å². The van der Waals surface area contributed by atoms with Crippen LogP contribution >= 0.6 is 0 Å². The third kappa shape index (κ3) is 1.80. The molecule has 15 heavy (non-hydrogen) atoms. The Morgan fingerprint density at radius 2 is 2.20 bits per heavy atom. The third-order valence-electron chi connectivity index (χ3n) is 2.57. The summed E-state index contributed by atoms with van der Waals surface area (Å²) in [5, 5.41) is 6.60. The van der Waals surface area contributed by atoms with Gasteiger partial charge in [-0.25, -0.2) is 4.68 Å². The van der Waals surface area contributed by atoms with E-state index in [1.165, 1.54) is 0 Å². The molecule has 84 valence electrons. The molecule has 6 heteroatoms. The zero-order valence-electron chi connectivity index (χ0n) is 8.47. The zero-order valence-corrected chi connectivity index (χ0v) is 8.47. The fraction of sp³-hybridized carbons (Fsp3) is 0.667. The average Bonchev–Trinajstić information content (AvgIpc) is 2.44. The van der Waals surface area contributed by atoms with E-state index in [0.717, 1.165) is 5.69 Å². The minimum Gasteiger partial charge on any atom is -0.359 e. The van der Waals surface area contributed by atoms with E-state index < -0.39 is 12.2 Å². The Morgan fingerprint density at radius 1 is 1.53 bits per heavy atom. The number of nitrogens with one attached hydrogen (secondary N) is 1. The molecule has 1 aliphatic rings. The van der Waals surface area contributed by atoms with Crippen LogP contribution in [0, 0.1) is 6.92 Å². The van der Waals surface area contributed by atoms with Gasteiger partial charge >= 0.3 is 6.18 Å². The van der Waals surface area contributed by atoms with Crippen LogP contribution in [0.25, 0.3) is 0 Å². The molecule has 2 atom stereocenters. The predicted octanol–water partition coefficient (Wildman–Crippen LogP) is 2.50. The summed E-state index contributed by atoms with van der Waals surface area (Å²) in [5.41, 5.74) is 0.729. The summed E-state index contributed by atoms with van der Waals surface area (Å²) in [4.78, 5) is 0. The molecule has 2 rings (SSSR count). The second-order valence-corrected chi connectivity index (χ2v) is 3.94.